The van der Waals surface area contributed by atoms with Crippen LogP contribution in [-0.2, 0) is 0 Å². The molecule has 0 saturated carbocycles. The molecule has 0 rings (SSSR count). The Kier molecular flexibility index (Phi) is 20.4. The van der Waals surface area contributed by atoms with E-state index in [4.69, 9.17) is 10.8 Å². The number of hydrogen-bond donors (Lipinski definition) is 5. The Morgan fingerprint density at radius 3 is 1.82 bits per heavy atom. The van der Waals surface area contributed by atoms with Crippen LogP contribution in [0.15, 0.2) is 24.4 Å². The minimum absolute atomic E-state index is 0.155. The first kappa shape index (κ1) is 29.3. The van der Waals surface area contributed by atoms with E-state index < -0.39 is 18.2 Å². The third-order valence-corrected chi connectivity index (χ3v) is 5.07. The van der Waals surface area contributed by atoms with E-state index in [1.165, 1.54) is 63.5 Å². The summed E-state index contributed by atoms with van der Waals surface area (Å²) in [6.45, 7) is 12.9. The SMILES string of the molecule is C=C(C)C(O)C(N)C(O)C(C)CO.C=C(CCCCCCCCCCC)NC. The van der Waals surface area contributed by atoms with Gasteiger partial charge in [0.2, 0.25) is 0 Å². The number of hydrogen-bond acceptors (Lipinski definition) is 5. The Hall–Kier alpha value is -0.880. The van der Waals surface area contributed by atoms with Crippen molar-refractivity contribution in [1.29, 1.82) is 0 Å². The topological polar surface area (TPSA) is 98.7 Å². The molecular formula is C23H48N2O3. The molecule has 28 heavy (non-hydrogen) atoms. The van der Waals surface area contributed by atoms with Crippen molar-refractivity contribution in [2.75, 3.05) is 13.7 Å². The van der Waals surface area contributed by atoms with E-state index in [2.05, 4.69) is 25.4 Å². The van der Waals surface area contributed by atoms with Crippen LogP contribution in [0.25, 0.3) is 0 Å². The van der Waals surface area contributed by atoms with Crippen molar-refractivity contribution in [1.82, 2.24) is 5.32 Å². The maximum absolute atomic E-state index is 9.52. The molecule has 0 aliphatic rings. The Bertz CT molecular complexity index is 388. The minimum atomic E-state index is -0.927. The number of allylic oxidation sites excluding steroid dienone is 1. The molecule has 0 aromatic rings. The fourth-order valence-corrected chi connectivity index (χ4v) is 2.78. The highest BCUT2D eigenvalue weighted by Crippen LogP contribution is 2.12. The van der Waals surface area contributed by atoms with Gasteiger partial charge in [-0.1, -0.05) is 83.9 Å². The molecule has 5 nitrogen and oxygen atoms in total. The zero-order valence-corrected chi connectivity index (χ0v) is 18.9. The summed E-state index contributed by atoms with van der Waals surface area (Å²) in [7, 11) is 1.95. The van der Waals surface area contributed by atoms with Crippen molar-refractivity contribution < 1.29 is 15.3 Å². The van der Waals surface area contributed by atoms with Crippen LogP contribution in [0.5, 0.6) is 0 Å². The smallest absolute Gasteiger partial charge is 0.0921 e. The molecular weight excluding hydrogens is 352 g/mol. The third kappa shape index (κ3) is 16.1. The molecule has 0 radical (unpaired) electrons. The van der Waals surface area contributed by atoms with Gasteiger partial charge in [0, 0.05) is 25.3 Å². The predicted octanol–water partition coefficient (Wildman–Crippen LogP) is 3.88. The maximum atomic E-state index is 9.52. The van der Waals surface area contributed by atoms with E-state index in [0.29, 0.717) is 5.57 Å². The molecule has 0 bridgehead atoms. The van der Waals surface area contributed by atoms with Crippen LogP contribution < -0.4 is 11.1 Å². The molecule has 0 spiro atoms. The van der Waals surface area contributed by atoms with Crippen LogP contribution in [0.2, 0.25) is 0 Å². The second kappa shape index (κ2) is 19.4. The number of nitrogens with one attached hydrogen (secondary N) is 1. The van der Waals surface area contributed by atoms with Crippen molar-refractivity contribution in [3.05, 3.63) is 24.4 Å². The highest BCUT2D eigenvalue weighted by molar-refractivity contribution is 5.03. The van der Waals surface area contributed by atoms with Crippen LogP contribution in [0.4, 0.5) is 0 Å². The Morgan fingerprint density at radius 2 is 1.43 bits per heavy atom. The molecule has 0 saturated heterocycles. The molecule has 0 heterocycles. The highest BCUT2D eigenvalue weighted by atomic mass is 16.3. The first-order valence-electron chi connectivity index (χ1n) is 11.0. The molecule has 0 aliphatic carbocycles. The van der Waals surface area contributed by atoms with Gasteiger partial charge in [-0.05, 0) is 19.8 Å². The molecule has 0 aliphatic heterocycles. The average Bonchev–Trinajstić information content (AvgIpc) is 2.70. The van der Waals surface area contributed by atoms with Gasteiger partial charge in [-0.3, -0.25) is 0 Å². The molecule has 6 N–H and O–H groups in total. The zero-order valence-electron chi connectivity index (χ0n) is 18.9. The van der Waals surface area contributed by atoms with Crippen molar-refractivity contribution in [3.63, 3.8) is 0 Å². The average molecular weight is 401 g/mol. The summed E-state index contributed by atoms with van der Waals surface area (Å²) in [6.07, 6.45) is 11.9. The van der Waals surface area contributed by atoms with Gasteiger partial charge in [0.05, 0.1) is 18.2 Å². The molecule has 5 heteroatoms. The standard InChI is InChI=1S/C14H29N.C9H19NO3/c1-4-5-6-7-8-9-10-11-12-13-14(2)15-3;1-5(2)8(12)7(10)9(13)6(3)4-11/h15H,2,4-13H2,1,3H3;6-9,11-13H,1,4,10H2,2-3H3. The fourth-order valence-electron chi connectivity index (χ4n) is 2.78. The molecule has 0 fully saturated rings. The van der Waals surface area contributed by atoms with Crippen LogP contribution in [0, 0.1) is 5.92 Å². The Labute approximate surface area is 174 Å². The second-order valence-electron chi connectivity index (χ2n) is 7.95. The summed E-state index contributed by atoms with van der Waals surface area (Å²) in [6, 6.07) is -0.792. The van der Waals surface area contributed by atoms with Crippen molar-refractivity contribution >= 4 is 0 Å². The normalized spacial score (nSPS) is 15.0. The van der Waals surface area contributed by atoms with Gasteiger partial charge >= 0.3 is 0 Å². The Balaban J connectivity index is 0. The second-order valence-corrected chi connectivity index (χ2v) is 7.95. The predicted molar refractivity (Wildman–Crippen MR) is 121 cm³/mol. The third-order valence-electron chi connectivity index (χ3n) is 5.07. The van der Waals surface area contributed by atoms with Gasteiger partial charge in [-0.2, -0.15) is 0 Å². The molecule has 4 unspecified atom stereocenters. The number of nitrogens with two attached hydrogens (primary N) is 1. The molecule has 0 aromatic carbocycles. The summed E-state index contributed by atoms with van der Waals surface area (Å²) in [5.74, 6) is -0.344. The van der Waals surface area contributed by atoms with E-state index in [1.807, 2.05) is 7.05 Å². The van der Waals surface area contributed by atoms with E-state index in [-0.39, 0.29) is 12.5 Å². The van der Waals surface area contributed by atoms with Gasteiger partial charge in [-0.25, -0.2) is 0 Å². The molecule has 0 amide bonds. The van der Waals surface area contributed by atoms with Crippen molar-refractivity contribution in [2.45, 2.75) is 103 Å². The van der Waals surface area contributed by atoms with Gasteiger partial charge in [0.25, 0.3) is 0 Å². The van der Waals surface area contributed by atoms with Gasteiger partial charge < -0.3 is 26.4 Å². The Morgan fingerprint density at radius 1 is 0.964 bits per heavy atom. The number of aliphatic hydroxyl groups is 3. The van der Waals surface area contributed by atoms with Gasteiger partial charge in [-0.15, -0.1) is 0 Å². The van der Waals surface area contributed by atoms with Crippen molar-refractivity contribution in [2.24, 2.45) is 11.7 Å². The molecule has 168 valence electrons. The zero-order chi connectivity index (χ0) is 21.9. The van der Waals surface area contributed by atoms with Crippen LogP contribution in [0.3, 0.4) is 0 Å². The van der Waals surface area contributed by atoms with E-state index >= 15 is 0 Å². The largest absolute Gasteiger partial charge is 0.396 e. The first-order valence-corrected chi connectivity index (χ1v) is 11.0. The van der Waals surface area contributed by atoms with Crippen LogP contribution >= 0.6 is 0 Å². The molecule has 4 atom stereocenters. The van der Waals surface area contributed by atoms with Gasteiger partial charge in [0.1, 0.15) is 0 Å². The van der Waals surface area contributed by atoms with Gasteiger partial charge in [0.15, 0.2) is 0 Å². The van der Waals surface area contributed by atoms with Crippen LogP contribution in [-0.4, -0.2) is 47.2 Å². The van der Waals surface area contributed by atoms with E-state index in [9.17, 15) is 10.2 Å². The number of rotatable bonds is 16. The number of unbranched alkanes of at least 4 members (excludes halogenated alkanes) is 8. The highest BCUT2D eigenvalue weighted by Gasteiger charge is 2.27. The minimum Gasteiger partial charge on any atom is -0.396 e. The summed E-state index contributed by atoms with van der Waals surface area (Å²) in [4.78, 5) is 0. The first-order chi connectivity index (χ1) is 13.2. The van der Waals surface area contributed by atoms with E-state index in [0.717, 1.165) is 6.42 Å². The lowest BCUT2D eigenvalue weighted by atomic mass is 9.93. The lowest BCUT2D eigenvalue weighted by Gasteiger charge is -2.27. The summed E-state index contributed by atoms with van der Waals surface area (Å²) in [5, 5.41) is 30.8. The lowest BCUT2D eigenvalue weighted by Crippen LogP contribution is -2.48. The summed E-state index contributed by atoms with van der Waals surface area (Å²) < 4.78 is 0. The van der Waals surface area contributed by atoms with Crippen molar-refractivity contribution in [3.8, 4) is 0 Å². The fraction of sp³-hybridized carbons (Fsp3) is 0.826. The lowest BCUT2D eigenvalue weighted by molar-refractivity contribution is 0.0201. The number of aliphatic hydroxyl groups excluding tert-OH is 3. The maximum Gasteiger partial charge on any atom is 0.0921 e. The monoisotopic (exact) mass is 400 g/mol. The summed E-state index contributed by atoms with van der Waals surface area (Å²) >= 11 is 0. The van der Waals surface area contributed by atoms with Crippen LogP contribution in [0.1, 0.15) is 85.0 Å². The van der Waals surface area contributed by atoms with E-state index in [1.54, 1.807) is 13.8 Å². The quantitative estimate of drug-likeness (QED) is 0.200. The summed E-state index contributed by atoms with van der Waals surface area (Å²) in [5.41, 5.74) is 7.26. The molecule has 0 aromatic heterocycles.